The maximum Gasteiger partial charge on any atom is 0.276 e. The van der Waals surface area contributed by atoms with Gasteiger partial charge in [-0.2, -0.15) is 5.10 Å². The van der Waals surface area contributed by atoms with E-state index >= 15 is 0 Å². The van der Waals surface area contributed by atoms with Crippen LogP contribution in [0.2, 0.25) is 0 Å². The maximum absolute atomic E-state index is 12.9. The third-order valence-electron chi connectivity index (χ3n) is 5.60. The summed E-state index contributed by atoms with van der Waals surface area (Å²) in [6, 6.07) is 11.3. The van der Waals surface area contributed by atoms with Gasteiger partial charge in [0.15, 0.2) is 5.69 Å². The molecule has 1 amide bonds. The number of rotatable bonds is 5. The van der Waals surface area contributed by atoms with Gasteiger partial charge in [0.2, 0.25) is 0 Å². The number of hydrogen-bond donors (Lipinski definition) is 2. The highest BCUT2D eigenvalue weighted by molar-refractivity contribution is 7.84. The van der Waals surface area contributed by atoms with Crippen LogP contribution in [0.4, 0.5) is 11.4 Å². The molecule has 2 N–H and O–H groups in total. The van der Waals surface area contributed by atoms with Gasteiger partial charge in [-0.05, 0) is 48.7 Å². The van der Waals surface area contributed by atoms with Gasteiger partial charge in [0, 0.05) is 36.5 Å². The first-order chi connectivity index (χ1) is 15.6. The van der Waals surface area contributed by atoms with Crippen LogP contribution >= 0.6 is 0 Å². The van der Waals surface area contributed by atoms with E-state index in [-0.39, 0.29) is 5.91 Å². The Bertz CT molecular complexity index is 1310. The Balaban J connectivity index is 1.43. The minimum Gasteiger partial charge on any atom is -0.370 e. The normalized spacial score (nSPS) is 14.6. The molecule has 3 aromatic heterocycles. The monoisotopic (exact) mass is 446 g/mol. The van der Waals surface area contributed by atoms with Crippen LogP contribution in [0.5, 0.6) is 0 Å². The van der Waals surface area contributed by atoms with Gasteiger partial charge in [0.05, 0.1) is 40.1 Å². The number of hydrogen-bond acceptors (Lipinski definition) is 6. The number of carbonyl (C=O) groups is 1. The first-order valence-corrected chi connectivity index (χ1v) is 11.9. The Labute approximate surface area is 187 Å². The number of pyridine rings is 2. The summed E-state index contributed by atoms with van der Waals surface area (Å²) in [6.07, 6.45) is 9.20. The smallest absolute Gasteiger partial charge is 0.276 e. The van der Waals surface area contributed by atoms with E-state index in [1.807, 2.05) is 30.6 Å². The third-order valence-corrected chi connectivity index (χ3v) is 6.43. The number of fused-ring (bicyclic) bond motifs is 1. The van der Waals surface area contributed by atoms with Crippen molar-refractivity contribution in [3.63, 3.8) is 0 Å². The Hall–Kier alpha value is -3.59. The van der Waals surface area contributed by atoms with Crippen molar-refractivity contribution in [2.45, 2.75) is 17.9 Å². The van der Waals surface area contributed by atoms with Crippen LogP contribution in [-0.2, 0) is 10.8 Å². The second-order valence-corrected chi connectivity index (χ2v) is 9.08. The Morgan fingerprint density at radius 3 is 2.66 bits per heavy atom. The second kappa shape index (κ2) is 8.51. The van der Waals surface area contributed by atoms with Crippen LogP contribution in [-0.4, -0.2) is 49.6 Å². The molecule has 1 atom stereocenters. The van der Waals surface area contributed by atoms with Gasteiger partial charge in [-0.15, -0.1) is 0 Å². The molecule has 4 heterocycles. The fourth-order valence-corrected chi connectivity index (χ4v) is 4.38. The predicted octanol–water partition coefficient (Wildman–Crippen LogP) is 3.61. The molecular formula is C23H22N6O2S. The molecule has 1 unspecified atom stereocenters. The van der Waals surface area contributed by atoms with Gasteiger partial charge in [-0.1, -0.05) is 6.07 Å². The fourth-order valence-electron chi connectivity index (χ4n) is 3.92. The minimum absolute atomic E-state index is 0.300. The van der Waals surface area contributed by atoms with E-state index in [0.717, 1.165) is 40.8 Å². The van der Waals surface area contributed by atoms with Crippen LogP contribution in [0, 0.1) is 0 Å². The molecule has 0 bridgehead atoms. The standard InChI is InChI=1S/C23H22N6O2S/c1-32(31)21-7-5-17(13-25-21)26-23(30)22-19-11-15(4-6-20(19)27-28-22)16-10-18(14-24-12-16)29-8-2-3-9-29/h4-7,10-14H,2-3,8-9H2,1H3,(H,26,30)(H,27,28). The van der Waals surface area contributed by atoms with Crippen molar-refractivity contribution in [2.24, 2.45) is 0 Å². The molecule has 1 aromatic carbocycles. The number of aromatic amines is 1. The summed E-state index contributed by atoms with van der Waals surface area (Å²) >= 11 is 0. The molecule has 0 spiro atoms. The van der Waals surface area contributed by atoms with E-state index in [9.17, 15) is 9.00 Å². The number of H-pyrrole nitrogens is 1. The van der Waals surface area contributed by atoms with Gasteiger partial charge in [-0.3, -0.25) is 19.1 Å². The molecule has 162 valence electrons. The molecule has 9 heteroatoms. The number of nitrogens with one attached hydrogen (secondary N) is 2. The van der Waals surface area contributed by atoms with Crippen LogP contribution in [0.1, 0.15) is 23.3 Å². The zero-order valence-corrected chi connectivity index (χ0v) is 18.4. The molecule has 8 nitrogen and oxygen atoms in total. The second-order valence-electron chi connectivity index (χ2n) is 7.75. The number of aromatic nitrogens is 4. The molecule has 1 aliphatic rings. The van der Waals surface area contributed by atoms with E-state index in [2.05, 4.69) is 36.4 Å². The lowest BCUT2D eigenvalue weighted by atomic mass is 10.0. The van der Waals surface area contributed by atoms with Crippen LogP contribution in [0.25, 0.3) is 22.0 Å². The molecule has 32 heavy (non-hydrogen) atoms. The molecule has 0 aliphatic carbocycles. The first-order valence-electron chi connectivity index (χ1n) is 10.4. The van der Waals surface area contributed by atoms with Crippen molar-refractivity contribution in [2.75, 3.05) is 29.6 Å². The van der Waals surface area contributed by atoms with Gasteiger partial charge in [0.1, 0.15) is 5.03 Å². The zero-order chi connectivity index (χ0) is 22.1. The van der Waals surface area contributed by atoms with Crippen molar-refractivity contribution in [3.8, 4) is 11.1 Å². The topological polar surface area (TPSA) is 104 Å². The summed E-state index contributed by atoms with van der Waals surface area (Å²) in [5.41, 5.74) is 4.67. The highest BCUT2D eigenvalue weighted by atomic mass is 32.2. The predicted molar refractivity (Wildman–Crippen MR) is 125 cm³/mol. The summed E-state index contributed by atoms with van der Waals surface area (Å²) in [5, 5.41) is 11.1. The zero-order valence-electron chi connectivity index (χ0n) is 17.5. The van der Waals surface area contributed by atoms with Crippen LogP contribution in [0.3, 0.4) is 0 Å². The molecule has 1 aliphatic heterocycles. The van der Waals surface area contributed by atoms with E-state index in [1.54, 1.807) is 18.4 Å². The summed E-state index contributed by atoms with van der Waals surface area (Å²) < 4.78 is 11.5. The largest absolute Gasteiger partial charge is 0.370 e. The minimum atomic E-state index is -1.17. The molecule has 0 radical (unpaired) electrons. The van der Waals surface area contributed by atoms with Gasteiger partial charge in [-0.25, -0.2) is 4.98 Å². The average Bonchev–Trinajstić information content (AvgIpc) is 3.49. The van der Waals surface area contributed by atoms with Crippen molar-refractivity contribution < 1.29 is 9.00 Å². The van der Waals surface area contributed by atoms with E-state index in [0.29, 0.717) is 16.4 Å². The summed E-state index contributed by atoms with van der Waals surface area (Å²) in [6.45, 7) is 2.11. The summed E-state index contributed by atoms with van der Waals surface area (Å²) in [4.78, 5) is 23.8. The van der Waals surface area contributed by atoms with Crippen molar-refractivity contribution in [1.29, 1.82) is 0 Å². The molecule has 0 saturated carbocycles. The van der Waals surface area contributed by atoms with Crippen LogP contribution < -0.4 is 10.2 Å². The Kier molecular flexibility index (Phi) is 5.40. The lowest BCUT2D eigenvalue weighted by molar-refractivity contribution is 0.102. The van der Waals surface area contributed by atoms with Crippen LogP contribution in [0.15, 0.2) is 60.0 Å². The SMILES string of the molecule is CS(=O)c1ccc(NC(=O)c2n[nH]c3ccc(-c4cncc(N5CCCC5)c4)cc23)cn1. The fraction of sp³-hybridized carbons (Fsp3) is 0.217. The average molecular weight is 447 g/mol. The molecule has 5 rings (SSSR count). The molecule has 1 saturated heterocycles. The number of anilines is 2. The number of benzene rings is 1. The summed E-state index contributed by atoms with van der Waals surface area (Å²) in [5.74, 6) is -0.343. The van der Waals surface area contributed by atoms with Gasteiger partial charge >= 0.3 is 0 Å². The summed E-state index contributed by atoms with van der Waals surface area (Å²) in [7, 11) is -1.17. The van der Waals surface area contributed by atoms with Crippen molar-refractivity contribution >= 4 is 39.0 Å². The third kappa shape index (κ3) is 3.99. The lowest BCUT2D eigenvalue weighted by Crippen LogP contribution is -2.17. The Morgan fingerprint density at radius 2 is 1.91 bits per heavy atom. The Morgan fingerprint density at radius 1 is 1.06 bits per heavy atom. The number of nitrogens with zero attached hydrogens (tertiary/aromatic N) is 4. The first kappa shape index (κ1) is 20.3. The maximum atomic E-state index is 12.9. The molecular weight excluding hydrogens is 424 g/mol. The van der Waals surface area contributed by atoms with Crippen molar-refractivity contribution in [3.05, 3.63) is 60.7 Å². The highest BCUT2D eigenvalue weighted by Gasteiger charge is 2.17. The molecule has 4 aromatic rings. The lowest BCUT2D eigenvalue weighted by Gasteiger charge is -2.17. The van der Waals surface area contributed by atoms with Gasteiger partial charge < -0.3 is 10.2 Å². The van der Waals surface area contributed by atoms with E-state index < -0.39 is 10.8 Å². The van der Waals surface area contributed by atoms with E-state index in [1.165, 1.54) is 19.0 Å². The molecule has 1 fully saturated rings. The highest BCUT2D eigenvalue weighted by Crippen LogP contribution is 2.29. The number of amides is 1. The van der Waals surface area contributed by atoms with E-state index in [4.69, 9.17) is 0 Å². The van der Waals surface area contributed by atoms with Crippen molar-refractivity contribution in [1.82, 2.24) is 20.2 Å². The quantitative estimate of drug-likeness (QED) is 0.485. The number of carbonyl (C=O) groups excluding carboxylic acids is 1. The van der Waals surface area contributed by atoms with Gasteiger partial charge in [0.25, 0.3) is 5.91 Å².